The third-order valence-corrected chi connectivity index (χ3v) is 5.34. The van der Waals surface area contributed by atoms with Gasteiger partial charge >= 0.3 is 0 Å². The Bertz CT molecular complexity index is 736. The normalized spacial score (nSPS) is 11.8. The molecule has 0 aliphatic heterocycles. The maximum Gasteiger partial charge on any atom is 0.240 e. The summed E-state index contributed by atoms with van der Waals surface area (Å²) in [6.07, 6.45) is 0. The molecule has 2 aromatic rings. The van der Waals surface area contributed by atoms with E-state index in [4.69, 9.17) is 0 Å². The molecule has 0 amide bonds. The summed E-state index contributed by atoms with van der Waals surface area (Å²) in [5, 5.41) is 4.39. The van der Waals surface area contributed by atoms with Gasteiger partial charge in [0.15, 0.2) is 0 Å². The molecule has 0 aliphatic rings. The number of rotatable bonds is 5. The van der Waals surface area contributed by atoms with Crippen LogP contribution >= 0.6 is 15.9 Å². The van der Waals surface area contributed by atoms with Gasteiger partial charge in [0, 0.05) is 28.8 Å². The molecule has 114 valence electrons. The lowest BCUT2D eigenvalue weighted by Crippen LogP contribution is -2.23. The topological polar surface area (TPSA) is 64.0 Å². The fourth-order valence-corrected chi connectivity index (χ4v) is 3.42. The predicted octanol–water partition coefficient (Wildman–Crippen LogP) is 2.76. The highest BCUT2D eigenvalue weighted by Crippen LogP contribution is 2.17. The molecule has 5 nitrogen and oxygen atoms in total. The molecule has 21 heavy (non-hydrogen) atoms. The van der Waals surface area contributed by atoms with Gasteiger partial charge in [-0.3, -0.25) is 4.68 Å². The Labute approximate surface area is 133 Å². The lowest BCUT2D eigenvalue weighted by Gasteiger charge is -2.07. The average Bonchev–Trinajstić information content (AvgIpc) is 2.71. The molecule has 0 atom stereocenters. The third kappa shape index (κ3) is 3.53. The zero-order valence-electron chi connectivity index (χ0n) is 12.2. The summed E-state index contributed by atoms with van der Waals surface area (Å²) in [5.41, 5.74) is 2.78. The van der Waals surface area contributed by atoms with Crippen LogP contribution < -0.4 is 4.72 Å². The Morgan fingerprint density at radius 1 is 1.24 bits per heavy atom. The molecule has 0 aliphatic carbocycles. The second-order valence-electron chi connectivity index (χ2n) is 4.74. The maximum absolute atomic E-state index is 12.3. The number of sulfonamides is 1. The summed E-state index contributed by atoms with van der Waals surface area (Å²) < 4.78 is 29.9. The summed E-state index contributed by atoms with van der Waals surface area (Å²) >= 11 is 3.29. The largest absolute Gasteiger partial charge is 0.270 e. The van der Waals surface area contributed by atoms with Gasteiger partial charge in [-0.1, -0.05) is 15.9 Å². The first-order valence-electron chi connectivity index (χ1n) is 6.63. The highest BCUT2D eigenvalue weighted by molar-refractivity contribution is 9.10. The molecule has 1 aromatic heterocycles. The van der Waals surface area contributed by atoms with Crippen molar-refractivity contribution in [3.05, 3.63) is 45.7 Å². The van der Waals surface area contributed by atoms with E-state index in [0.29, 0.717) is 0 Å². The van der Waals surface area contributed by atoms with Crippen molar-refractivity contribution in [2.75, 3.05) is 0 Å². The van der Waals surface area contributed by atoms with E-state index in [1.54, 1.807) is 24.3 Å². The van der Waals surface area contributed by atoms with Crippen LogP contribution in [0.5, 0.6) is 0 Å². The summed E-state index contributed by atoms with van der Waals surface area (Å²) in [7, 11) is -3.51. The zero-order chi connectivity index (χ0) is 15.6. The van der Waals surface area contributed by atoms with Gasteiger partial charge in [-0.2, -0.15) is 5.10 Å². The van der Waals surface area contributed by atoms with Gasteiger partial charge in [0.2, 0.25) is 10.0 Å². The minimum Gasteiger partial charge on any atom is -0.270 e. The Morgan fingerprint density at radius 2 is 1.86 bits per heavy atom. The molecule has 1 heterocycles. The van der Waals surface area contributed by atoms with Crippen LogP contribution in [0, 0.1) is 13.8 Å². The molecular formula is C14H18BrN3O2S. The van der Waals surface area contributed by atoms with E-state index in [0.717, 1.165) is 28.0 Å². The van der Waals surface area contributed by atoms with Crippen LogP contribution in [0.2, 0.25) is 0 Å². The van der Waals surface area contributed by atoms with Gasteiger partial charge in [-0.15, -0.1) is 0 Å². The van der Waals surface area contributed by atoms with E-state index in [1.165, 1.54) is 0 Å². The smallest absolute Gasteiger partial charge is 0.240 e. The second kappa shape index (κ2) is 6.29. The van der Waals surface area contributed by atoms with Gasteiger partial charge in [0.1, 0.15) is 0 Å². The van der Waals surface area contributed by atoms with Crippen molar-refractivity contribution < 1.29 is 8.42 Å². The zero-order valence-corrected chi connectivity index (χ0v) is 14.6. The van der Waals surface area contributed by atoms with Crippen molar-refractivity contribution in [2.45, 2.75) is 38.8 Å². The molecule has 1 aromatic carbocycles. The molecule has 0 unspecified atom stereocenters. The van der Waals surface area contributed by atoms with Crippen molar-refractivity contribution in [3.63, 3.8) is 0 Å². The predicted molar refractivity (Wildman–Crippen MR) is 85.5 cm³/mol. The Morgan fingerprint density at radius 3 is 2.38 bits per heavy atom. The highest BCUT2D eigenvalue weighted by atomic mass is 79.9. The molecule has 0 spiro atoms. The van der Waals surface area contributed by atoms with E-state index in [2.05, 4.69) is 25.8 Å². The van der Waals surface area contributed by atoms with Crippen LogP contribution in [0.15, 0.2) is 33.6 Å². The maximum atomic E-state index is 12.3. The molecule has 7 heteroatoms. The first-order valence-corrected chi connectivity index (χ1v) is 8.91. The molecular weight excluding hydrogens is 354 g/mol. The van der Waals surface area contributed by atoms with Crippen LogP contribution in [-0.4, -0.2) is 18.2 Å². The van der Waals surface area contributed by atoms with E-state index < -0.39 is 10.0 Å². The van der Waals surface area contributed by atoms with Gasteiger partial charge in [0.25, 0.3) is 0 Å². The molecule has 0 bridgehead atoms. The van der Waals surface area contributed by atoms with Gasteiger partial charge < -0.3 is 0 Å². The lowest BCUT2D eigenvalue weighted by molar-refractivity contribution is 0.581. The van der Waals surface area contributed by atoms with Crippen LogP contribution in [0.25, 0.3) is 0 Å². The average molecular weight is 372 g/mol. The molecule has 2 rings (SSSR count). The molecule has 0 saturated carbocycles. The van der Waals surface area contributed by atoms with E-state index in [1.807, 2.05) is 25.5 Å². The summed E-state index contributed by atoms with van der Waals surface area (Å²) in [4.78, 5) is 0.254. The van der Waals surface area contributed by atoms with E-state index in [9.17, 15) is 8.42 Å². The molecule has 0 fully saturated rings. The van der Waals surface area contributed by atoms with Crippen molar-refractivity contribution in [1.82, 2.24) is 14.5 Å². The second-order valence-corrected chi connectivity index (χ2v) is 7.43. The molecule has 0 radical (unpaired) electrons. The number of aryl methyl sites for hydroxylation is 2. The SMILES string of the molecule is CCn1nc(C)c(CNS(=O)(=O)c2ccc(Br)cc2)c1C. The summed E-state index contributed by atoms with van der Waals surface area (Å²) in [6.45, 7) is 6.87. The Balaban J connectivity index is 2.19. The van der Waals surface area contributed by atoms with E-state index >= 15 is 0 Å². The number of halogens is 1. The number of aromatic nitrogens is 2. The minimum atomic E-state index is -3.51. The van der Waals surface area contributed by atoms with Crippen molar-refractivity contribution in [3.8, 4) is 0 Å². The van der Waals surface area contributed by atoms with Crippen molar-refractivity contribution >= 4 is 26.0 Å². The van der Waals surface area contributed by atoms with Gasteiger partial charge in [-0.05, 0) is 45.0 Å². The van der Waals surface area contributed by atoms with Gasteiger partial charge in [-0.25, -0.2) is 13.1 Å². The number of hydrogen-bond donors (Lipinski definition) is 1. The van der Waals surface area contributed by atoms with Crippen LogP contribution in [-0.2, 0) is 23.1 Å². The van der Waals surface area contributed by atoms with Crippen LogP contribution in [0.3, 0.4) is 0 Å². The Hall–Kier alpha value is -1.18. The summed E-state index contributed by atoms with van der Waals surface area (Å²) in [5.74, 6) is 0. The minimum absolute atomic E-state index is 0.246. The number of benzene rings is 1. The van der Waals surface area contributed by atoms with Gasteiger partial charge in [0.05, 0.1) is 10.6 Å². The lowest BCUT2D eigenvalue weighted by atomic mass is 10.2. The first-order chi connectivity index (χ1) is 9.85. The van der Waals surface area contributed by atoms with Crippen LogP contribution in [0.1, 0.15) is 23.9 Å². The molecule has 1 N–H and O–H groups in total. The highest BCUT2D eigenvalue weighted by Gasteiger charge is 2.17. The van der Waals surface area contributed by atoms with Crippen molar-refractivity contribution in [2.24, 2.45) is 0 Å². The molecule has 0 saturated heterocycles. The fraction of sp³-hybridized carbons (Fsp3) is 0.357. The van der Waals surface area contributed by atoms with E-state index in [-0.39, 0.29) is 11.4 Å². The summed E-state index contributed by atoms with van der Waals surface area (Å²) in [6, 6.07) is 6.56. The monoisotopic (exact) mass is 371 g/mol. The van der Waals surface area contributed by atoms with Crippen LogP contribution in [0.4, 0.5) is 0 Å². The fourth-order valence-electron chi connectivity index (χ4n) is 2.16. The third-order valence-electron chi connectivity index (χ3n) is 3.39. The quantitative estimate of drug-likeness (QED) is 0.878. The van der Waals surface area contributed by atoms with Crippen molar-refractivity contribution in [1.29, 1.82) is 0 Å². The standard InChI is InChI=1S/C14H18BrN3O2S/c1-4-18-11(3)14(10(2)17-18)9-16-21(19,20)13-7-5-12(15)6-8-13/h5-8,16H,4,9H2,1-3H3. The first kappa shape index (κ1) is 16.2. The number of nitrogens with zero attached hydrogens (tertiary/aromatic N) is 2. The number of nitrogens with one attached hydrogen (secondary N) is 1. The number of hydrogen-bond acceptors (Lipinski definition) is 3. The Kier molecular flexibility index (Phi) is 4.85.